The van der Waals surface area contributed by atoms with Crippen LogP contribution in [0.4, 0.5) is 0 Å². The van der Waals surface area contributed by atoms with Crippen molar-refractivity contribution in [3.05, 3.63) is 76.2 Å². The fourth-order valence-corrected chi connectivity index (χ4v) is 1.17. The molecule has 0 atom stereocenters. The quantitative estimate of drug-likeness (QED) is 0.415. The molecule has 1 aromatic carbocycles. The number of hydrogen-bond acceptors (Lipinski definition) is 3. The Bertz CT molecular complexity index is 390. The van der Waals surface area contributed by atoms with Gasteiger partial charge < -0.3 is 15.3 Å². The predicted molar refractivity (Wildman–Crippen MR) is 58.3 cm³/mol. The number of para-hydroxylation sites is 1. The zero-order valence-electron chi connectivity index (χ0n) is 8.39. The van der Waals surface area contributed by atoms with Crippen molar-refractivity contribution in [1.82, 2.24) is 0 Å². The molecular formula is C11H10N2O3. The summed E-state index contributed by atoms with van der Waals surface area (Å²) in [6.45, 7) is 0. The van der Waals surface area contributed by atoms with Crippen LogP contribution in [0.5, 0.6) is 0 Å². The van der Waals surface area contributed by atoms with E-state index < -0.39 is 5.09 Å². The monoisotopic (exact) mass is 218 g/mol. The minimum Gasteiger partial charge on any atom is -0.356 e. The Morgan fingerprint density at radius 2 is 1.31 bits per heavy atom. The van der Waals surface area contributed by atoms with Crippen LogP contribution in [0.2, 0.25) is 0 Å². The van der Waals surface area contributed by atoms with E-state index in [4.69, 9.17) is 15.3 Å². The Balaban J connectivity index is 0.000000280. The topological polar surface area (TPSA) is 70.1 Å². The summed E-state index contributed by atoms with van der Waals surface area (Å²) >= 11 is 0. The van der Waals surface area contributed by atoms with E-state index in [-0.39, 0.29) is 0 Å². The molecule has 2 aromatic rings. The van der Waals surface area contributed by atoms with Gasteiger partial charge >= 0.3 is 0 Å². The van der Waals surface area contributed by atoms with Crippen molar-refractivity contribution in [3.8, 4) is 5.69 Å². The molecule has 0 saturated heterocycles. The summed E-state index contributed by atoms with van der Waals surface area (Å²) < 4.78 is 2.08. The lowest BCUT2D eigenvalue weighted by atomic mass is 10.3. The largest absolute Gasteiger partial charge is 0.356 e. The highest BCUT2D eigenvalue weighted by Gasteiger charge is 1.99. The summed E-state index contributed by atoms with van der Waals surface area (Å²) in [6, 6.07) is 16.3. The molecule has 0 aliphatic heterocycles. The lowest BCUT2D eigenvalue weighted by Crippen LogP contribution is -2.28. The van der Waals surface area contributed by atoms with Gasteiger partial charge in [-0.15, -0.1) is 0 Å². The third kappa shape index (κ3) is 4.19. The summed E-state index contributed by atoms with van der Waals surface area (Å²) in [7, 11) is 0. The van der Waals surface area contributed by atoms with Crippen LogP contribution in [0.1, 0.15) is 0 Å². The lowest BCUT2D eigenvalue weighted by molar-refractivity contribution is -0.595. The first kappa shape index (κ1) is 11.6. The first-order chi connectivity index (χ1) is 7.70. The van der Waals surface area contributed by atoms with E-state index in [1.165, 1.54) is 5.69 Å². The van der Waals surface area contributed by atoms with Crippen molar-refractivity contribution in [2.24, 2.45) is 0 Å². The van der Waals surface area contributed by atoms with E-state index in [0.717, 1.165) is 0 Å². The molecule has 1 heterocycles. The van der Waals surface area contributed by atoms with Gasteiger partial charge in [0.25, 0.3) is 0 Å². The highest BCUT2D eigenvalue weighted by atomic mass is 16.9. The molecule has 82 valence electrons. The van der Waals surface area contributed by atoms with Gasteiger partial charge in [-0.1, -0.05) is 24.3 Å². The van der Waals surface area contributed by atoms with E-state index in [1.54, 1.807) is 0 Å². The van der Waals surface area contributed by atoms with Crippen LogP contribution in [0, 0.1) is 15.3 Å². The third-order valence-electron chi connectivity index (χ3n) is 1.77. The van der Waals surface area contributed by atoms with E-state index in [2.05, 4.69) is 16.7 Å². The molecule has 16 heavy (non-hydrogen) atoms. The van der Waals surface area contributed by atoms with Gasteiger partial charge in [0.15, 0.2) is 12.4 Å². The van der Waals surface area contributed by atoms with Crippen LogP contribution in [-0.2, 0) is 0 Å². The maximum atomic E-state index is 8.25. The molecule has 0 bridgehead atoms. The molecule has 0 spiro atoms. The first-order valence-corrected chi connectivity index (χ1v) is 4.53. The number of benzene rings is 1. The van der Waals surface area contributed by atoms with Gasteiger partial charge in [0.2, 0.25) is 5.69 Å². The Kier molecular flexibility index (Phi) is 4.46. The standard InChI is InChI=1S/C11H10N.NO3/c1-3-7-11(8-4-1)12-9-5-2-6-10-12;2-1(3)4/h1-10H;/q+1;-1. The zero-order chi connectivity index (χ0) is 11.8. The van der Waals surface area contributed by atoms with Gasteiger partial charge in [0.05, 0.1) is 5.09 Å². The summed E-state index contributed by atoms with van der Waals surface area (Å²) in [5.41, 5.74) is 1.19. The van der Waals surface area contributed by atoms with Crippen molar-refractivity contribution < 1.29 is 9.65 Å². The Morgan fingerprint density at radius 1 is 0.875 bits per heavy atom. The van der Waals surface area contributed by atoms with Crippen molar-refractivity contribution in [2.75, 3.05) is 0 Å². The number of nitrogens with zero attached hydrogens (tertiary/aromatic N) is 2. The number of aromatic nitrogens is 1. The van der Waals surface area contributed by atoms with Crippen LogP contribution in [-0.4, -0.2) is 5.09 Å². The van der Waals surface area contributed by atoms with Crippen molar-refractivity contribution >= 4 is 0 Å². The second-order valence-electron chi connectivity index (χ2n) is 2.84. The second kappa shape index (κ2) is 6.13. The summed E-state index contributed by atoms with van der Waals surface area (Å²) in [4.78, 5) is 8.25. The molecule has 0 N–H and O–H groups in total. The van der Waals surface area contributed by atoms with E-state index in [9.17, 15) is 0 Å². The molecule has 0 radical (unpaired) electrons. The van der Waals surface area contributed by atoms with Gasteiger partial charge in [0, 0.05) is 24.3 Å². The minimum absolute atomic E-state index is 1.19. The van der Waals surface area contributed by atoms with E-state index >= 15 is 0 Å². The summed E-state index contributed by atoms with van der Waals surface area (Å²) in [5.74, 6) is 0. The molecule has 0 aliphatic rings. The number of hydrogen-bond donors (Lipinski definition) is 0. The van der Waals surface area contributed by atoms with Crippen LogP contribution in [0.3, 0.4) is 0 Å². The van der Waals surface area contributed by atoms with Gasteiger partial charge in [-0.05, 0) is 0 Å². The zero-order valence-corrected chi connectivity index (χ0v) is 8.39. The first-order valence-electron chi connectivity index (χ1n) is 4.53. The van der Waals surface area contributed by atoms with E-state index in [1.807, 2.05) is 48.8 Å². The van der Waals surface area contributed by atoms with Crippen molar-refractivity contribution in [2.45, 2.75) is 0 Å². The van der Waals surface area contributed by atoms with Crippen LogP contribution in [0.15, 0.2) is 60.9 Å². The van der Waals surface area contributed by atoms with Crippen LogP contribution >= 0.6 is 0 Å². The summed E-state index contributed by atoms with van der Waals surface area (Å²) in [5, 5.41) is 14.8. The SMILES string of the molecule is O=[N+]([O-])[O-].c1ccc(-[n+]2ccccc2)cc1. The molecule has 5 heteroatoms. The van der Waals surface area contributed by atoms with Gasteiger partial charge in [-0.2, -0.15) is 4.57 Å². The van der Waals surface area contributed by atoms with Crippen LogP contribution in [0.25, 0.3) is 5.69 Å². The molecule has 2 rings (SSSR count). The summed E-state index contributed by atoms with van der Waals surface area (Å²) in [6.07, 6.45) is 4.07. The second-order valence-corrected chi connectivity index (χ2v) is 2.84. The average Bonchev–Trinajstić information content (AvgIpc) is 2.31. The predicted octanol–water partition coefficient (Wildman–Crippen LogP) is 1.72. The molecule has 0 fully saturated rings. The maximum absolute atomic E-state index is 8.25. The van der Waals surface area contributed by atoms with Crippen molar-refractivity contribution in [3.63, 3.8) is 0 Å². The molecule has 0 amide bonds. The molecule has 0 unspecified atom stereocenters. The molecule has 0 saturated carbocycles. The molecule has 1 aromatic heterocycles. The highest BCUT2D eigenvalue weighted by Crippen LogP contribution is 1.96. The van der Waals surface area contributed by atoms with E-state index in [0.29, 0.717) is 0 Å². The fourth-order valence-electron chi connectivity index (χ4n) is 1.17. The number of rotatable bonds is 1. The molecule has 5 nitrogen and oxygen atoms in total. The fraction of sp³-hybridized carbons (Fsp3) is 0. The molecular weight excluding hydrogens is 208 g/mol. The third-order valence-corrected chi connectivity index (χ3v) is 1.77. The smallest absolute Gasteiger partial charge is 0.210 e. The maximum Gasteiger partial charge on any atom is 0.210 e. The lowest BCUT2D eigenvalue weighted by Gasteiger charge is -1.92. The van der Waals surface area contributed by atoms with Gasteiger partial charge in [-0.3, -0.25) is 0 Å². The molecule has 0 aliphatic carbocycles. The Hall–Kier alpha value is -2.43. The normalized spacial score (nSPS) is 8.75. The van der Waals surface area contributed by atoms with Crippen LogP contribution < -0.4 is 4.57 Å². The average molecular weight is 218 g/mol. The van der Waals surface area contributed by atoms with Gasteiger partial charge in [0.1, 0.15) is 0 Å². The van der Waals surface area contributed by atoms with Crippen molar-refractivity contribution in [1.29, 1.82) is 0 Å². The minimum atomic E-state index is -1.75. The van der Waals surface area contributed by atoms with Gasteiger partial charge in [-0.25, -0.2) is 0 Å². The highest BCUT2D eigenvalue weighted by molar-refractivity contribution is 5.21. The number of pyridine rings is 1. The Labute approximate surface area is 92.3 Å². The Morgan fingerprint density at radius 3 is 1.81 bits per heavy atom.